The number of fused-ring (bicyclic) bond motifs is 1. The van der Waals surface area contributed by atoms with Crippen LogP contribution in [0.1, 0.15) is 72.6 Å². The summed E-state index contributed by atoms with van der Waals surface area (Å²) in [6, 6.07) is -6.83. The van der Waals surface area contributed by atoms with Gasteiger partial charge >= 0.3 is 18.2 Å². The molecule has 6 atom stereocenters. The zero-order valence-corrected chi connectivity index (χ0v) is 26.6. The molecule has 15 heteroatoms. The first-order valence-corrected chi connectivity index (χ1v) is 16.1. The molecule has 5 amide bonds. The average molecular weight is 656 g/mol. The molecular weight excluding hydrogens is 611 g/mol. The molecule has 5 fully saturated rings. The number of esters is 1. The van der Waals surface area contributed by atoms with Gasteiger partial charge in [-0.05, 0) is 67.1 Å². The van der Waals surface area contributed by atoms with Crippen molar-refractivity contribution in [3.8, 4) is 0 Å². The third kappa shape index (κ3) is 6.69. The number of Topliss-reactive ketones (excluding diaryl/α,β-unsaturated/α-hetero) is 1. The van der Waals surface area contributed by atoms with Crippen molar-refractivity contribution in [2.45, 2.75) is 103 Å². The van der Waals surface area contributed by atoms with Gasteiger partial charge < -0.3 is 31.3 Å². The summed E-state index contributed by atoms with van der Waals surface area (Å²) in [6.07, 6.45) is -2.02. The number of rotatable bonds is 14. The van der Waals surface area contributed by atoms with Crippen LogP contribution in [0.3, 0.4) is 0 Å². The Morgan fingerprint density at radius 1 is 0.957 bits per heavy atom. The van der Waals surface area contributed by atoms with Crippen molar-refractivity contribution < 1.29 is 46.7 Å². The maximum atomic E-state index is 14.5. The van der Waals surface area contributed by atoms with E-state index >= 15 is 0 Å². The van der Waals surface area contributed by atoms with Gasteiger partial charge in [0.1, 0.15) is 18.1 Å². The van der Waals surface area contributed by atoms with Crippen LogP contribution in [0.25, 0.3) is 0 Å². The molecule has 0 aromatic carbocycles. The Kier molecular flexibility index (Phi) is 8.86. The predicted octanol–water partition coefficient (Wildman–Crippen LogP) is 1.80. The van der Waals surface area contributed by atoms with E-state index in [1.807, 2.05) is 13.8 Å². The molecule has 0 radical (unpaired) electrons. The highest BCUT2D eigenvalue weighted by Crippen LogP contribution is 2.66. The number of nitrogens with one attached hydrogen (secondary N) is 3. The Morgan fingerprint density at radius 2 is 1.57 bits per heavy atom. The highest BCUT2D eigenvalue weighted by molar-refractivity contribution is 6.37. The summed E-state index contributed by atoms with van der Waals surface area (Å²) >= 11 is 0. The number of carbonyl (C=O) groups excluding carboxylic acids is 6. The Balaban J connectivity index is 1.36. The highest BCUT2D eigenvalue weighted by Gasteiger charge is 2.73. The highest BCUT2D eigenvalue weighted by atomic mass is 19.4. The average Bonchev–Trinajstić information content (AvgIpc) is 3.78. The molecular formula is C31H44F3N5O7. The van der Waals surface area contributed by atoms with Gasteiger partial charge in [0.2, 0.25) is 17.6 Å². The van der Waals surface area contributed by atoms with E-state index in [1.165, 1.54) is 0 Å². The molecule has 4 saturated carbocycles. The zero-order chi connectivity index (χ0) is 33.9. The van der Waals surface area contributed by atoms with Crippen molar-refractivity contribution in [1.82, 2.24) is 20.9 Å². The summed E-state index contributed by atoms with van der Waals surface area (Å²) in [6.45, 7) is 7.22. The number of amides is 5. The second kappa shape index (κ2) is 12.0. The zero-order valence-electron chi connectivity index (χ0n) is 26.6. The van der Waals surface area contributed by atoms with Crippen LogP contribution in [0.15, 0.2) is 0 Å². The topological polar surface area (TPSA) is 177 Å². The number of hydrogen-bond acceptors (Lipinski definition) is 7. The van der Waals surface area contributed by atoms with Crippen LogP contribution in [0, 0.1) is 40.4 Å². The Bertz CT molecular complexity index is 1290. The van der Waals surface area contributed by atoms with Gasteiger partial charge in [-0.3, -0.25) is 19.2 Å². The van der Waals surface area contributed by atoms with E-state index in [9.17, 15) is 41.9 Å². The van der Waals surface area contributed by atoms with Gasteiger partial charge in [-0.15, -0.1) is 0 Å². The summed E-state index contributed by atoms with van der Waals surface area (Å²) in [7, 11) is 0. The van der Waals surface area contributed by atoms with Gasteiger partial charge in [-0.2, -0.15) is 13.2 Å². The smallest absolute Gasteiger partial charge is 0.396 e. The number of alkyl halides is 3. The number of urea groups is 1. The van der Waals surface area contributed by atoms with Gasteiger partial charge in [-0.1, -0.05) is 40.5 Å². The van der Waals surface area contributed by atoms with Gasteiger partial charge in [0.15, 0.2) is 0 Å². The molecule has 0 spiro atoms. The lowest BCUT2D eigenvalue weighted by atomic mass is 9.92. The number of likely N-dealkylation sites (tertiary alicyclic amines) is 1. The molecule has 1 aliphatic heterocycles. The summed E-state index contributed by atoms with van der Waals surface area (Å²) in [4.78, 5) is 79.1. The molecule has 0 bridgehead atoms. The fourth-order valence-electron chi connectivity index (χ4n) is 7.02. The second-order valence-corrected chi connectivity index (χ2v) is 14.9. The van der Waals surface area contributed by atoms with Crippen molar-refractivity contribution in [3.05, 3.63) is 0 Å². The molecule has 256 valence electrons. The first-order chi connectivity index (χ1) is 21.4. The van der Waals surface area contributed by atoms with E-state index < -0.39 is 101 Å². The lowest BCUT2D eigenvalue weighted by Crippen LogP contribution is -2.63. The van der Waals surface area contributed by atoms with Crippen molar-refractivity contribution in [1.29, 1.82) is 0 Å². The molecule has 1 saturated heterocycles. The lowest BCUT2D eigenvalue weighted by Gasteiger charge is -2.37. The summed E-state index contributed by atoms with van der Waals surface area (Å²) in [5.41, 5.74) is 2.25. The van der Waals surface area contributed by atoms with Crippen LogP contribution < -0.4 is 21.7 Å². The molecule has 12 nitrogen and oxygen atoms in total. The van der Waals surface area contributed by atoms with Crippen molar-refractivity contribution >= 4 is 35.5 Å². The molecule has 1 heterocycles. The van der Waals surface area contributed by atoms with Crippen molar-refractivity contribution in [3.63, 3.8) is 0 Å². The van der Waals surface area contributed by atoms with E-state index in [-0.39, 0.29) is 37.3 Å². The maximum Gasteiger partial charge on any atom is 0.396 e. The van der Waals surface area contributed by atoms with Crippen LogP contribution in [0.2, 0.25) is 0 Å². The molecule has 5 N–H and O–H groups in total. The Morgan fingerprint density at radius 3 is 2.07 bits per heavy atom. The molecule has 46 heavy (non-hydrogen) atoms. The van der Waals surface area contributed by atoms with Crippen LogP contribution in [-0.2, 0) is 28.7 Å². The number of ether oxygens (including phenoxy) is 1. The number of hydrogen-bond donors (Lipinski definition) is 4. The third-order valence-corrected chi connectivity index (χ3v) is 10.7. The number of nitrogens with two attached hydrogens (primary N) is 1. The minimum atomic E-state index is -4.86. The van der Waals surface area contributed by atoms with Crippen LogP contribution in [0.4, 0.5) is 18.0 Å². The normalized spacial score (nSPS) is 27.5. The van der Waals surface area contributed by atoms with Gasteiger partial charge in [0.05, 0.1) is 18.1 Å². The van der Waals surface area contributed by atoms with E-state index in [0.29, 0.717) is 0 Å². The molecule has 0 aromatic heterocycles. The monoisotopic (exact) mass is 655 g/mol. The summed E-state index contributed by atoms with van der Waals surface area (Å²) in [5, 5.41) is 7.20. The van der Waals surface area contributed by atoms with E-state index in [1.54, 1.807) is 13.8 Å². The van der Waals surface area contributed by atoms with E-state index in [4.69, 9.17) is 10.5 Å². The lowest BCUT2D eigenvalue weighted by molar-refractivity contribution is -0.199. The number of ketones is 1. The van der Waals surface area contributed by atoms with Crippen molar-refractivity contribution in [2.24, 2.45) is 46.2 Å². The van der Waals surface area contributed by atoms with Crippen LogP contribution in [0.5, 0.6) is 0 Å². The summed E-state index contributed by atoms with van der Waals surface area (Å²) in [5.74, 6) is -5.46. The van der Waals surface area contributed by atoms with E-state index in [2.05, 4.69) is 16.0 Å². The van der Waals surface area contributed by atoms with E-state index in [0.717, 1.165) is 30.6 Å². The number of carbonyl (C=O) groups is 6. The second-order valence-electron chi connectivity index (χ2n) is 14.9. The molecule has 1 unspecified atom stereocenters. The molecule has 0 aromatic rings. The minimum Gasteiger partial charge on any atom is -0.464 e. The van der Waals surface area contributed by atoms with Crippen LogP contribution in [-0.4, -0.2) is 83.9 Å². The number of primary amides is 1. The maximum absolute atomic E-state index is 14.5. The van der Waals surface area contributed by atoms with Crippen LogP contribution >= 0.6 is 0 Å². The number of halogens is 3. The standard InChI is InChI=1S/C31H44F3N5O7/c1-14(2)20(27(44)46-13-16-7-8-16)37-28(45)38-23(30(9-10-30)31(32,33)34)26(43)39-12-17-19(29(17,3)4)21(39)25(42)36-18(11-15-5-6-15)22(40)24(35)41/h14-21,23H,5-13H2,1-4H3,(H2,35,41)(H,36,42)(H2,37,38,45)/t17-,18?,19-,20-,21-,23+/m0/s1. The van der Waals surface area contributed by atoms with Gasteiger partial charge in [0.25, 0.3) is 5.91 Å². The number of nitrogens with zero attached hydrogens (tertiary/aromatic N) is 1. The quantitative estimate of drug-likeness (QED) is 0.163. The first-order valence-electron chi connectivity index (χ1n) is 16.1. The fraction of sp³-hybridized carbons (Fsp3) is 0.806. The molecule has 5 aliphatic rings. The van der Waals surface area contributed by atoms with Gasteiger partial charge in [-0.25, -0.2) is 9.59 Å². The molecule has 4 aliphatic carbocycles. The molecule has 5 rings (SSSR count). The fourth-order valence-corrected chi connectivity index (χ4v) is 7.02. The Hall–Kier alpha value is -3.39. The largest absolute Gasteiger partial charge is 0.464 e. The van der Waals surface area contributed by atoms with Crippen molar-refractivity contribution in [2.75, 3.05) is 13.2 Å². The minimum absolute atomic E-state index is 0.0263. The first kappa shape index (κ1) is 34.0. The SMILES string of the molecule is CC(C)[C@H](NC(=O)N[C@H](C(=O)N1C[C@H]2[C@@H]([C@H]1C(=O)NC(CC1CC1)C(=O)C(N)=O)C2(C)C)C1(C(F)(F)F)CC1)C(=O)OCC1CC1. The third-order valence-electron chi connectivity index (χ3n) is 10.7. The predicted molar refractivity (Wildman–Crippen MR) is 155 cm³/mol. The Labute approximate surface area is 265 Å². The number of piperidine rings is 1. The summed E-state index contributed by atoms with van der Waals surface area (Å²) < 4.78 is 48.8. The van der Waals surface area contributed by atoms with Gasteiger partial charge in [0, 0.05) is 6.54 Å².